The molecule has 0 heterocycles. The summed E-state index contributed by atoms with van der Waals surface area (Å²) in [5.41, 5.74) is 10.7. The SMILES string of the molecule is CCCOCCCCOCCC(N)N. The lowest BCUT2D eigenvalue weighted by Gasteiger charge is -2.06. The van der Waals surface area contributed by atoms with Gasteiger partial charge >= 0.3 is 0 Å². The van der Waals surface area contributed by atoms with Crippen molar-refractivity contribution in [2.75, 3.05) is 26.4 Å². The number of unbranched alkanes of at least 4 members (excludes halogenated alkanes) is 1. The van der Waals surface area contributed by atoms with Crippen molar-refractivity contribution >= 4 is 0 Å². The average molecular weight is 204 g/mol. The van der Waals surface area contributed by atoms with Crippen molar-refractivity contribution in [1.29, 1.82) is 0 Å². The number of nitrogens with two attached hydrogens (primary N) is 2. The Bertz CT molecular complexity index is 110. The third-order valence-electron chi connectivity index (χ3n) is 1.77. The molecule has 0 aliphatic carbocycles. The second-order valence-corrected chi connectivity index (χ2v) is 3.38. The molecule has 4 heteroatoms. The third kappa shape index (κ3) is 11.8. The Balaban J connectivity index is 2.85. The van der Waals surface area contributed by atoms with Crippen LogP contribution in [-0.2, 0) is 9.47 Å². The van der Waals surface area contributed by atoms with Gasteiger partial charge in [-0.1, -0.05) is 6.92 Å². The van der Waals surface area contributed by atoms with E-state index in [4.69, 9.17) is 20.9 Å². The molecule has 4 nitrogen and oxygen atoms in total. The Labute approximate surface area is 86.9 Å². The molecule has 4 N–H and O–H groups in total. The van der Waals surface area contributed by atoms with Gasteiger partial charge in [-0.05, 0) is 25.7 Å². The summed E-state index contributed by atoms with van der Waals surface area (Å²) in [6.45, 7) is 5.26. The van der Waals surface area contributed by atoms with E-state index in [1.54, 1.807) is 0 Å². The highest BCUT2D eigenvalue weighted by molar-refractivity contribution is 4.48. The van der Waals surface area contributed by atoms with Gasteiger partial charge in [-0.15, -0.1) is 0 Å². The fraction of sp³-hybridized carbons (Fsp3) is 1.00. The van der Waals surface area contributed by atoms with Gasteiger partial charge in [0.05, 0.1) is 6.17 Å². The zero-order chi connectivity index (χ0) is 10.6. The molecular formula is C10H24N2O2. The molecule has 0 aliphatic rings. The normalized spacial score (nSPS) is 11.1. The molecule has 0 saturated heterocycles. The van der Waals surface area contributed by atoms with E-state index in [-0.39, 0.29) is 6.17 Å². The van der Waals surface area contributed by atoms with Gasteiger partial charge in [-0.25, -0.2) is 0 Å². The summed E-state index contributed by atoms with van der Waals surface area (Å²) < 4.78 is 10.7. The maximum Gasteiger partial charge on any atom is 0.0543 e. The fourth-order valence-corrected chi connectivity index (χ4v) is 0.976. The molecule has 0 aromatic rings. The van der Waals surface area contributed by atoms with Crippen molar-refractivity contribution in [3.05, 3.63) is 0 Å². The first-order chi connectivity index (χ1) is 6.77. The molecule has 0 unspecified atom stereocenters. The van der Waals surface area contributed by atoms with Crippen molar-refractivity contribution in [3.63, 3.8) is 0 Å². The Morgan fingerprint density at radius 3 is 2.00 bits per heavy atom. The van der Waals surface area contributed by atoms with Gasteiger partial charge in [0.25, 0.3) is 0 Å². The van der Waals surface area contributed by atoms with Crippen molar-refractivity contribution in [1.82, 2.24) is 0 Å². The summed E-state index contributed by atoms with van der Waals surface area (Å²) in [5, 5.41) is 0. The zero-order valence-electron chi connectivity index (χ0n) is 9.21. The Hall–Kier alpha value is -0.160. The van der Waals surface area contributed by atoms with Crippen LogP contribution in [0.15, 0.2) is 0 Å². The lowest BCUT2D eigenvalue weighted by atomic mass is 10.3. The van der Waals surface area contributed by atoms with E-state index >= 15 is 0 Å². The molecule has 0 amide bonds. The highest BCUT2D eigenvalue weighted by Gasteiger charge is 1.94. The van der Waals surface area contributed by atoms with Gasteiger partial charge in [0.1, 0.15) is 0 Å². The van der Waals surface area contributed by atoms with Crippen LogP contribution in [0.2, 0.25) is 0 Å². The van der Waals surface area contributed by atoms with Crippen LogP contribution in [0.25, 0.3) is 0 Å². The molecule has 0 fully saturated rings. The van der Waals surface area contributed by atoms with Gasteiger partial charge in [0.2, 0.25) is 0 Å². The number of rotatable bonds is 10. The summed E-state index contributed by atoms with van der Waals surface area (Å²) in [5.74, 6) is 0. The Morgan fingerprint density at radius 2 is 1.50 bits per heavy atom. The molecule has 0 radical (unpaired) electrons. The predicted octanol–water partition coefficient (Wildman–Crippen LogP) is 0.843. The number of ether oxygens (including phenoxy) is 2. The summed E-state index contributed by atoms with van der Waals surface area (Å²) in [6, 6.07) is 0. The van der Waals surface area contributed by atoms with Gasteiger partial charge in [0.15, 0.2) is 0 Å². The Morgan fingerprint density at radius 1 is 0.929 bits per heavy atom. The Kier molecular flexibility index (Phi) is 10.8. The summed E-state index contributed by atoms with van der Waals surface area (Å²) >= 11 is 0. The van der Waals surface area contributed by atoms with Crippen LogP contribution < -0.4 is 11.5 Å². The summed E-state index contributed by atoms with van der Waals surface area (Å²) in [7, 11) is 0. The highest BCUT2D eigenvalue weighted by Crippen LogP contribution is 1.93. The largest absolute Gasteiger partial charge is 0.381 e. The third-order valence-corrected chi connectivity index (χ3v) is 1.77. The van der Waals surface area contributed by atoms with Crippen LogP contribution >= 0.6 is 0 Å². The lowest BCUT2D eigenvalue weighted by molar-refractivity contribution is 0.100. The standard InChI is InChI=1S/C10H24N2O2/c1-2-6-13-7-3-4-8-14-9-5-10(11)12/h10H,2-9,11-12H2,1H3. The van der Waals surface area contributed by atoms with Gasteiger partial charge in [0, 0.05) is 26.4 Å². The minimum Gasteiger partial charge on any atom is -0.381 e. The first-order valence-corrected chi connectivity index (χ1v) is 5.44. The van der Waals surface area contributed by atoms with Crippen LogP contribution in [0.3, 0.4) is 0 Å². The summed E-state index contributed by atoms with van der Waals surface area (Å²) in [6.07, 6.45) is 3.68. The van der Waals surface area contributed by atoms with E-state index in [0.29, 0.717) is 6.61 Å². The quantitative estimate of drug-likeness (QED) is 0.409. The van der Waals surface area contributed by atoms with E-state index in [9.17, 15) is 0 Å². The molecule has 0 spiro atoms. The number of hydrogen-bond donors (Lipinski definition) is 2. The maximum atomic E-state index is 5.37. The van der Waals surface area contributed by atoms with Gasteiger partial charge in [-0.2, -0.15) is 0 Å². The van der Waals surface area contributed by atoms with Crippen molar-refractivity contribution in [2.45, 2.75) is 38.8 Å². The first-order valence-electron chi connectivity index (χ1n) is 5.44. The smallest absolute Gasteiger partial charge is 0.0543 e. The van der Waals surface area contributed by atoms with E-state index < -0.39 is 0 Å². The van der Waals surface area contributed by atoms with Crippen LogP contribution in [-0.4, -0.2) is 32.6 Å². The molecule has 0 aliphatic heterocycles. The average Bonchev–Trinajstić information content (AvgIpc) is 2.15. The second-order valence-electron chi connectivity index (χ2n) is 3.38. The van der Waals surface area contributed by atoms with Crippen LogP contribution in [0.4, 0.5) is 0 Å². The van der Waals surface area contributed by atoms with E-state index in [2.05, 4.69) is 6.92 Å². The monoisotopic (exact) mass is 204 g/mol. The molecule has 14 heavy (non-hydrogen) atoms. The molecule has 0 bridgehead atoms. The molecule has 0 aromatic heterocycles. The molecular weight excluding hydrogens is 180 g/mol. The van der Waals surface area contributed by atoms with Crippen molar-refractivity contribution in [3.8, 4) is 0 Å². The van der Waals surface area contributed by atoms with Crippen molar-refractivity contribution in [2.24, 2.45) is 11.5 Å². The number of hydrogen-bond acceptors (Lipinski definition) is 4. The van der Waals surface area contributed by atoms with E-state index in [1.165, 1.54) is 0 Å². The molecule has 86 valence electrons. The van der Waals surface area contributed by atoms with E-state index in [0.717, 1.165) is 45.5 Å². The maximum absolute atomic E-state index is 5.37. The topological polar surface area (TPSA) is 70.5 Å². The van der Waals surface area contributed by atoms with Crippen LogP contribution in [0, 0.1) is 0 Å². The van der Waals surface area contributed by atoms with Crippen LogP contribution in [0.1, 0.15) is 32.6 Å². The van der Waals surface area contributed by atoms with Crippen LogP contribution in [0.5, 0.6) is 0 Å². The zero-order valence-corrected chi connectivity index (χ0v) is 9.21. The molecule has 0 atom stereocenters. The molecule has 0 rings (SSSR count). The van der Waals surface area contributed by atoms with Crippen molar-refractivity contribution < 1.29 is 9.47 Å². The fourth-order valence-electron chi connectivity index (χ4n) is 0.976. The highest BCUT2D eigenvalue weighted by atomic mass is 16.5. The van der Waals surface area contributed by atoms with E-state index in [1.807, 2.05) is 0 Å². The van der Waals surface area contributed by atoms with Gasteiger partial charge in [-0.3, -0.25) is 0 Å². The second kappa shape index (κ2) is 10.9. The predicted molar refractivity (Wildman–Crippen MR) is 57.9 cm³/mol. The lowest BCUT2D eigenvalue weighted by Crippen LogP contribution is -2.31. The molecule has 0 aromatic carbocycles. The molecule has 0 saturated carbocycles. The summed E-state index contributed by atoms with van der Waals surface area (Å²) in [4.78, 5) is 0. The van der Waals surface area contributed by atoms with Gasteiger partial charge < -0.3 is 20.9 Å². The first kappa shape index (κ1) is 13.8. The minimum atomic E-state index is -0.247. The minimum absolute atomic E-state index is 0.247.